The van der Waals surface area contributed by atoms with Gasteiger partial charge >= 0.3 is 5.69 Å². The molecule has 0 bridgehead atoms. The Morgan fingerprint density at radius 2 is 2.22 bits per heavy atom. The average molecular weight is 318 g/mol. The number of carbonyl (C=O) groups is 1. The van der Waals surface area contributed by atoms with Crippen molar-refractivity contribution < 1.29 is 14.8 Å². The Morgan fingerprint density at radius 3 is 2.87 bits per heavy atom. The summed E-state index contributed by atoms with van der Waals surface area (Å²) < 4.78 is 1.34. The number of aryl methyl sites for hydroxylation is 2. The van der Waals surface area contributed by atoms with E-state index in [0.29, 0.717) is 0 Å². The van der Waals surface area contributed by atoms with Gasteiger partial charge in [-0.15, -0.1) is 0 Å². The second kappa shape index (κ2) is 7.50. The quantitative estimate of drug-likeness (QED) is 0.591. The minimum atomic E-state index is -0.772. The lowest BCUT2D eigenvalue weighted by molar-refractivity contribution is -0.385. The second-order valence-electron chi connectivity index (χ2n) is 5.15. The van der Waals surface area contributed by atoms with Crippen LogP contribution in [0.3, 0.4) is 0 Å². The summed E-state index contributed by atoms with van der Waals surface area (Å²) in [6.07, 6.45) is 1.76. The van der Waals surface area contributed by atoms with Crippen molar-refractivity contribution >= 4 is 11.6 Å². The molecule has 1 amide bonds. The molecule has 23 heavy (non-hydrogen) atoms. The molecule has 1 heterocycles. The molecular formula is C15H18N4O4. The molecule has 1 aromatic heterocycles. The number of aliphatic hydroxyl groups is 1. The fraction of sp³-hybridized carbons (Fsp3) is 0.333. The van der Waals surface area contributed by atoms with E-state index >= 15 is 0 Å². The highest BCUT2D eigenvalue weighted by molar-refractivity contribution is 5.75. The van der Waals surface area contributed by atoms with Crippen LogP contribution in [0.5, 0.6) is 0 Å². The molecule has 8 heteroatoms. The van der Waals surface area contributed by atoms with Gasteiger partial charge in [-0.2, -0.15) is 5.10 Å². The molecule has 0 radical (unpaired) electrons. The van der Waals surface area contributed by atoms with E-state index in [-0.39, 0.29) is 31.1 Å². The number of benzene rings is 1. The van der Waals surface area contributed by atoms with E-state index < -0.39 is 11.0 Å². The van der Waals surface area contributed by atoms with Gasteiger partial charge < -0.3 is 10.4 Å². The monoisotopic (exact) mass is 318 g/mol. The molecular weight excluding hydrogens is 300 g/mol. The van der Waals surface area contributed by atoms with Crippen molar-refractivity contribution in [2.24, 2.45) is 0 Å². The normalized spacial score (nSPS) is 11.9. The predicted octanol–water partition coefficient (Wildman–Crippen LogP) is 1.34. The van der Waals surface area contributed by atoms with Gasteiger partial charge in [0, 0.05) is 19.5 Å². The third-order valence-corrected chi connectivity index (χ3v) is 3.44. The van der Waals surface area contributed by atoms with Crippen LogP contribution < -0.4 is 5.32 Å². The molecule has 0 aliphatic heterocycles. The van der Waals surface area contributed by atoms with Crippen molar-refractivity contribution in [3.05, 3.63) is 57.9 Å². The van der Waals surface area contributed by atoms with Crippen molar-refractivity contribution in [2.75, 3.05) is 6.54 Å². The maximum absolute atomic E-state index is 11.8. The summed E-state index contributed by atoms with van der Waals surface area (Å²) in [7, 11) is 0. The van der Waals surface area contributed by atoms with Crippen LogP contribution in [0.15, 0.2) is 36.7 Å². The molecule has 2 rings (SSSR count). The lowest BCUT2D eigenvalue weighted by Gasteiger charge is -2.14. The zero-order valence-electron chi connectivity index (χ0n) is 12.7. The van der Waals surface area contributed by atoms with Crippen molar-refractivity contribution in [3.63, 3.8) is 0 Å². The van der Waals surface area contributed by atoms with E-state index in [2.05, 4.69) is 10.4 Å². The largest absolute Gasteiger partial charge is 0.387 e. The van der Waals surface area contributed by atoms with Gasteiger partial charge in [0.2, 0.25) is 5.91 Å². The van der Waals surface area contributed by atoms with Crippen molar-refractivity contribution in [2.45, 2.75) is 26.0 Å². The van der Waals surface area contributed by atoms with Crippen molar-refractivity contribution in [3.8, 4) is 0 Å². The molecule has 0 aliphatic rings. The van der Waals surface area contributed by atoms with Gasteiger partial charge in [0.05, 0.1) is 11.0 Å². The SMILES string of the molecule is Cc1ccccc1[C@H](O)CNC(=O)CCn1cc([N+](=O)[O-])cn1. The molecule has 0 unspecified atom stereocenters. The molecule has 2 aromatic rings. The molecule has 1 atom stereocenters. The number of nitrogens with one attached hydrogen (secondary N) is 1. The first kappa shape index (κ1) is 16.6. The van der Waals surface area contributed by atoms with Crippen LogP contribution in [0.4, 0.5) is 5.69 Å². The summed E-state index contributed by atoms with van der Waals surface area (Å²) in [5, 5.41) is 27.1. The fourth-order valence-corrected chi connectivity index (χ4v) is 2.15. The second-order valence-corrected chi connectivity index (χ2v) is 5.15. The number of carbonyl (C=O) groups excluding carboxylic acids is 1. The van der Waals surface area contributed by atoms with Crippen LogP contribution in [-0.4, -0.2) is 32.3 Å². The van der Waals surface area contributed by atoms with Gasteiger partial charge in [-0.25, -0.2) is 0 Å². The minimum Gasteiger partial charge on any atom is -0.387 e. The van der Waals surface area contributed by atoms with Crippen LogP contribution in [0.25, 0.3) is 0 Å². The summed E-state index contributed by atoms with van der Waals surface area (Å²) >= 11 is 0. The maximum atomic E-state index is 11.8. The van der Waals surface area contributed by atoms with E-state index in [4.69, 9.17) is 0 Å². The average Bonchev–Trinajstić information content (AvgIpc) is 3.00. The number of nitrogens with zero attached hydrogens (tertiary/aromatic N) is 3. The lowest BCUT2D eigenvalue weighted by Crippen LogP contribution is -2.29. The Hall–Kier alpha value is -2.74. The number of aliphatic hydroxyl groups excluding tert-OH is 1. The van der Waals surface area contributed by atoms with Gasteiger partial charge in [-0.1, -0.05) is 24.3 Å². The zero-order chi connectivity index (χ0) is 16.8. The molecule has 0 aliphatic carbocycles. The Labute approximate surface area is 132 Å². The molecule has 0 spiro atoms. The van der Waals surface area contributed by atoms with Gasteiger partial charge in [-0.05, 0) is 18.1 Å². The highest BCUT2D eigenvalue weighted by Gasteiger charge is 2.12. The van der Waals surface area contributed by atoms with Crippen LogP contribution in [-0.2, 0) is 11.3 Å². The van der Waals surface area contributed by atoms with Crippen LogP contribution in [0.1, 0.15) is 23.7 Å². The van der Waals surface area contributed by atoms with E-state index in [1.807, 2.05) is 31.2 Å². The standard InChI is InChI=1S/C15H18N4O4/c1-11-4-2-3-5-13(11)14(20)9-16-15(21)6-7-18-10-12(8-17-18)19(22)23/h2-5,8,10,14,20H,6-7,9H2,1H3,(H,16,21)/t14-/m1/s1. The Balaban J connectivity index is 1.78. The van der Waals surface area contributed by atoms with Crippen molar-refractivity contribution in [1.82, 2.24) is 15.1 Å². The van der Waals surface area contributed by atoms with E-state index in [9.17, 15) is 20.0 Å². The third kappa shape index (κ3) is 4.62. The summed E-state index contributed by atoms with van der Waals surface area (Å²) in [5.74, 6) is -0.254. The number of aromatic nitrogens is 2. The molecule has 0 fully saturated rings. The maximum Gasteiger partial charge on any atom is 0.306 e. The summed E-state index contributed by atoms with van der Waals surface area (Å²) in [5.41, 5.74) is 1.62. The third-order valence-electron chi connectivity index (χ3n) is 3.44. The van der Waals surface area contributed by atoms with Gasteiger partial charge in [0.15, 0.2) is 0 Å². The molecule has 122 valence electrons. The van der Waals surface area contributed by atoms with Gasteiger partial charge in [0.25, 0.3) is 0 Å². The highest BCUT2D eigenvalue weighted by Crippen LogP contribution is 2.16. The smallest absolute Gasteiger partial charge is 0.306 e. The number of hydrogen-bond acceptors (Lipinski definition) is 5. The Morgan fingerprint density at radius 1 is 1.48 bits per heavy atom. The number of amides is 1. The van der Waals surface area contributed by atoms with Crippen LogP contribution in [0.2, 0.25) is 0 Å². The lowest BCUT2D eigenvalue weighted by atomic mass is 10.0. The van der Waals surface area contributed by atoms with E-state index in [1.54, 1.807) is 0 Å². The molecule has 1 aromatic carbocycles. The van der Waals surface area contributed by atoms with Crippen LogP contribution in [0, 0.1) is 17.0 Å². The minimum absolute atomic E-state index is 0.111. The predicted molar refractivity (Wildman–Crippen MR) is 82.6 cm³/mol. The zero-order valence-corrected chi connectivity index (χ0v) is 12.7. The molecule has 8 nitrogen and oxygen atoms in total. The topological polar surface area (TPSA) is 110 Å². The highest BCUT2D eigenvalue weighted by atomic mass is 16.6. The molecule has 2 N–H and O–H groups in total. The first-order valence-electron chi connectivity index (χ1n) is 7.14. The number of nitro groups is 1. The number of rotatable bonds is 7. The first-order chi connectivity index (χ1) is 11.0. The van der Waals surface area contributed by atoms with E-state index in [0.717, 1.165) is 17.3 Å². The van der Waals surface area contributed by atoms with Crippen LogP contribution >= 0.6 is 0 Å². The first-order valence-corrected chi connectivity index (χ1v) is 7.14. The summed E-state index contributed by atoms with van der Waals surface area (Å²) in [6.45, 7) is 2.24. The molecule has 0 saturated carbocycles. The number of hydrogen-bond donors (Lipinski definition) is 2. The molecule has 0 saturated heterocycles. The summed E-state index contributed by atoms with van der Waals surface area (Å²) in [6, 6.07) is 7.42. The Bertz CT molecular complexity index is 698. The van der Waals surface area contributed by atoms with E-state index in [1.165, 1.54) is 10.9 Å². The van der Waals surface area contributed by atoms with Crippen molar-refractivity contribution in [1.29, 1.82) is 0 Å². The van der Waals surface area contributed by atoms with Gasteiger partial charge in [0.1, 0.15) is 12.4 Å². The Kier molecular flexibility index (Phi) is 5.42. The summed E-state index contributed by atoms with van der Waals surface area (Å²) in [4.78, 5) is 21.8. The fourth-order valence-electron chi connectivity index (χ4n) is 2.15. The van der Waals surface area contributed by atoms with Gasteiger partial charge in [-0.3, -0.25) is 19.6 Å².